The lowest BCUT2D eigenvalue weighted by Crippen LogP contribution is -2.26. The number of hydrogen-bond donors (Lipinski definition) is 2. The summed E-state index contributed by atoms with van der Waals surface area (Å²) in [6.45, 7) is 0. The number of benzene rings is 2. The number of carbonyl (C=O) groups is 1. The summed E-state index contributed by atoms with van der Waals surface area (Å²) in [7, 11) is 0. The first kappa shape index (κ1) is 15.0. The number of carboxylic acid groups (broad SMARTS) is 1. The van der Waals surface area contributed by atoms with E-state index in [0.717, 1.165) is 16.7 Å². The monoisotopic (exact) mass is 381 g/mol. The summed E-state index contributed by atoms with van der Waals surface area (Å²) in [5, 5.41) is 8.80. The first-order valence-electron chi connectivity index (χ1n) is 6.37. The molecule has 0 aromatic heterocycles. The molecule has 4 heteroatoms. The van der Waals surface area contributed by atoms with Crippen molar-refractivity contribution in [2.24, 2.45) is 5.73 Å². The van der Waals surface area contributed by atoms with Crippen LogP contribution in [0.1, 0.15) is 12.0 Å². The highest BCUT2D eigenvalue weighted by atomic mass is 127. The average molecular weight is 381 g/mol. The molecule has 3 nitrogen and oxygen atoms in total. The minimum Gasteiger partial charge on any atom is -0.481 e. The lowest BCUT2D eigenvalue weighted by atomic mass is 9.94. The van der Waals surface area contributed by atoms with Crippen LogP contribution in [0, 0.1) is 3.57 Å². The normalized spacial score (nSPS) is 12.1. The minimum atomic E-state index is -0.857. The van der Waals surface area contributed by atoms with E-state index in [9.17, 15) is 4.79 Å². The zero-order valence-corrected chi connectivity index (χ0v) is 13.1. The zero-order chi connectivity index (χ0) is 14.5. The Morgan fingerprint density at radius 3 is 2.65 bits per heavy atom. The molecule has 0 saturated carbocycles. The van der Waals surface area contributed by atoms with Gasteiger partial charge in [-0.15, -0.1) is 0 Å². The molecule has 0 aliphatic heterocycles. The van der Waals surface area contributed by atoms with Crippen molar-refractivity contribution in [1.82, 2.24) is 0 Å². The van der Waals surface area contributed by atoms with Gasteiger partial charge in [-0.25, -0.2) is 0 Å². The van der Waals surface area contributed by atoms with Crippen molar-refractivity contribution >= 4 is 28.6 Å². The summed E-state index contributed by atoms with van der Waals surface area (Å²) >= 11 is 2.28. The van der Waals surface area contributed by atoms with Crippen LogP contribution in [-0.4, -0.2) is 17.1 Å². The van der Waals surface area contributed by atoms with Crippen LogP contribution in [-0.2, 0) is 11.2 Å². The smallest absolute Gasteiger partial charge is 0.304 e. The van der Waals surface area contributed by atoms with Gasteiger partial charge >= 0.3 is 5.97 Å². The predicted octanol–water partition coefficient (Wildman–Crippen LogP) is 3.30. The topological polar surface area (TPSA) is 63.3 Å². The van der Waals surface area contributed by atoms with E-state index in [1.54, 1.807) is 0 Å². The predicted molar refractivity (Wildman–Crippen MR) is 88.5 cm³/mol. The van der Waals surface area contributed by atoms with Gasteiger partial charge in [0.05, 0.1) is 6.42 Å². The third kappa shape index (κ3) is 4.05. The van der Waals surface area contributed by atoms with E-state index in [4.69, 9.17) is 10.8 Å². The molecule has 0 radical (unpaired) electrons. The molecule has 0 heterocycles. The molecule has 0 bridgehead atoms. The number of hydrogen-bond acceptors (Lipinski definition) is 2. The molecule has 20 heavy (non-hydrogen) atoms. The summed E-state index contributed by atoms with van der Waals surface area (Å²) in [5.41, 5.74) is 9.24. The number of nitrogens with two attached hydrogens (primary N) is 1. The van der Waals surface area contributed by atoms with E-state index in [-0.39, 0.29) is 12.5 Å². The van der Waals surface area contributed by atoms with Crippen molar-refractivity contribution < 1.29 is 9.90 Å². The van der Waals surface area contributed by atoms with E-state index in [1.807, 2.05) is 36.4 Å². The minimum absolute atomic E-state index is 0.0132. The Hall–Kier alpha value is -1.40. The van der Waals surface area contributed by atoms with E-state index in [1.165, 1.54) is 3.57 Å². The number of carboxylic acids is 1. The van der Waals surface area contributed by atoms with Crippen LogP contribution in [0.5, 0.6) is 0 Å². The van der Waals surface area contributed by atoms with Gasteiger partial charge in [0.2, 0.25) is 0 Å². The average Bonchev–Trinajstić information content (AvgIpc) is 2.38. The second-order valence-corrected chi connectivity index (χ2v) is 5.98. The number of rotatable bonds is 5. The second kappa shape index (κ2) is 6.85. The molecule has 0 saturated heterocycles. The fraction of sp³-hybridized carbons (Fsp3) is 0.188. The second-order valence-electron chi connectivity index (χ2n) is 4.73. The van der Waals surface area contributed by atoms with Crippen molar-refractivity contribution in [3.63, 3.8) is 0 Å². The Kier molecular flexibility index (Phi) is 5.14. The largest absolute Gasteiger partial charge is 0.481 e. The highest BCUT2D eigenvalue weighted by Crippen LogP contribution is 2.26. The molecule has 3 N–H and O–H groups in total. The molecule has 0 amide bonds. The molecule has 0 spiro atoms. The molecule has 2 aromatic carbocycles. The zero-order valence-electron chi connectivity index (χ0n) is 10.9. The van der Waals surface area contributed by atoms with Crippen LogP contribution >= 0.6 is 22.6 Å². The van der Waals surface area contributed by atoms with Gasteiger partial charge in [0.1, 0.15) is 0 Å². The Balaban J connectivity index is 2.29. The highest BCUT2D eigenvalue weighted by molar-refractivity contribution is 14.1. The van der Waals surface area contributed by atoms with Gasteiger partial charge in [0, 0.05) is 9.61 Å². The Bertz CT molecular complexity index is 613. The third-order valence-corrected chi connectivity index (χ3v) is 3.74. The van der Waals surface area contributed by atoms with E-state index in [0.29, 0.717) is 6.42 Å². The van der Waals surface area contributed by atoms with Crippen molar-refractivity contribution in [1.29, 1.82) is 0 Å². The molecule has 104 valence electrons. The van der Waals surface area contributed by atoms with Crippen molar-refractivity contribution in [2.75, 3.05) is 0 Å². The van der Waals surface area contributed by atoms with Crippen molar-refractivity contribution in [3.8, 4) is 11.1 Å². The lowest BCUT2D eigenvalue weighted by Gasteiger charge is -2.14. The molecule has 0 aliphatic rings. The maximum atomic E-state index is 10.7. The number of aliphatic carboxylic acids is 1. The van der Waals surface area contributed by atoms with Crippen molar-refractivity contribution in [3.05, 3.63) is 57.7 Å². The molecular weight excluding hydrogens is 365 g/mol. The molecular formula is C16H16INO2. The van der Waals surface area contributed by atoms with Gasteiger partial charge in [-0.1, -0.05) is 36.4 Å². The van der Waals surface area contributed by atoms with Gasteiger partial charge in [-0.05, 0) is 57.8 Å². The summed E-state index contributed by atoms with van der Waals surface area (Å²) < 4.78 is 1.17. The SMILES string of the molecule is NC(CC(=O)O)Cc1ccccc1-c1cccc(I)c1. The maximum absolute atomic E-state index is 10.7. The first-order chi connectivity index (χ1) is 9.56. The quantitative estimate of drug-likeness (QED) is 0.782. The van der Waals surface area contributed by atoms with Gasteiger partial charge in [0.15, 0.2) is 0 Å². The molecule has 1 unspecified atom stereocenters. The summed E-state index contributed by atoms with van der Waals surface area (Å²) in [6.07, 6.45) is 0.550. The van der Waals surface area contributed by atoms with E-state index >= 15 is 0 Å². The fourth-order valence-corrected chi connectivity index (χ4v) is 2.76. The Labute approximate surface area is 132 Å². The van der Waals surface area contributed by atoms with Gasteiger partial charge in [0.25, 0.3) is 0 Å². The summed E-state index contributed by atoms with van der Waals surface area (Å²) in [5.74, 6) is -0.857. The van der Waals surface area contributed by atoms with E-state index in [2.05, 4.69) is 34.7 Å². The van der Waals surface area contributed by atoms with Crippen LogP contribution in [0.15, 0.2) is 48.5 Å². The maximum Gasteiger partial charge on any atom is 0.304 e. The fourth-order valence-electron chi connectivity index (χ4n) is 2.21. The van der Waals surface area contributed by atoms with Crippen LogP contribution in [0.2, 0.25) is 0 Å². The molecule has 2 rings (SSSR count). The lowest BCUT2D eigenvalue weighted by molar-refractivity contribution is -0.137. The van der Waals surface area contributed by atoms with E-state index < -0.39 is 5.97 Å². The van der Waals surface area contributed by atoms with Gasteiger partial charge in [-0.3, -0.25) is 4.79 Å². The number of halogens is 1. The Morgan fingerprint density at radius 1 is 1.20 bits per heavy atom. The molecule has 0 aliphatic carbocycles. The van der Waals surface area contributed by atoms with Gasteiger partial charge < -0.3 is 10.8 Å². The first-order valence-corrected chi connectivity index (χ1v) is 7.45. The summed E-state index contributed by atoms with van der Waals surface area (Å²) in [4.78, 5) is 10.7. The standard InChI is InChI=1S/C16H16INO2/c17-13-6-3-5-11(8-13)15-7-2-1-4-12(15)9-14(18)10-16(19)20/h1-8,14H,9-10,18H2,(H,19,20). The van der Waals surface area contributed by atoms with Gasteiger partial charge in [-0.2, -0.15) is 0 Å². The van der Waals surface area contributed by atoms with Crippen LogP contribution in [0.25, 0.3) is 11.1 Å². The summed E-state index contributed by atoms with van der Waals surface area (Å²) in [6, 6.07) is 15.9. The molecule has 0 fully saturated rings. The third-order valence-electron chi connectivity index (χ3n) is 3.07. The van der Waals surface area contributed by atoms with Crippen LogP contribution < -0.4 is 5.73 Å². The highest BCUT2D eigenvalue weighted by Gasteiger charge is 2.12. The van der Waals surface area contributed by atoms with Crippen molar-refractivity contribution in [2.45, 2.75) is 18.9 Å². The molecule has 2 aromatic rings. The Morgan fingerprint density at radius 2 is 1.95 bits per heavy atom. The van der Waals surface area contributed by atoms with Crippen LogP contribution in [0.4, 0.5) is 0 Å². The molecule has 1 atom stereocenters. The van der Waals surface area contributed by atoms with Crippen LogP contribution in [0.3, 0.4) is 0 Å².